The smallest absolute Gasteiger partial charge is 0.0766 e. The molecule has 0 radical (unpaired) electrons. The maximum Gasteiger partial charge on any atom is 0.0766 e. The third kappa shape index (κ3) is 1.40. The Kier molecular flexibility index (Phi) is 1.85. The van der Waals surface area contributed by atoms with Crippen LogP contribution in [0.3, 0.4) is 0 Å². The van der Waals surface area contributed by atoms with Gasteiger partial charge in [-0.1, -0.05) is 12.1 Å². The van der Waals surface area contributed by atoms with E-state index in [1.54, 1.807) is 0 Å². The minimum Gasteiger partial charge on any atom is -0.222 e. The fourth-order valence-electron chi connectivity index (χ4n) is 1.04. The number of halogens is 1. The number of fused-ring (bicyclic) bond motifs is 1. The van der Waals surface area contributed by atoms with Gasteiger partial charge in [0.2, 0.25) is 0 Å². The summed E-state index contributed by atoms with van der Waals surface area (Å²) in [5.41, 5.74) is 3.74. The zero-order valence-electron chi connectivity index (χ0n) is 6.21. The Morgan fingerprint density at radius 3 is 3.18 bits per heavy atom. The Morgan fingerprint density at radius 1 is 1.36 bits per heavy atom. The van der Waals surface area contributed by atoms with Crippen molar-refractivity contribution >= 4 is 32.8 Å². The molecule has 0 fully saturated rings. The van der Waals surface area contributed by atoms with Crippen LogP contribution in [0, 0.1) is 6.92 Å². The van der Waals surface area contributed by atoms with Gasteiger partial charge in [0, 0.05) is 26.6 Å². The second-order valence-corrected chi connectivity index (χ2v) is 4.30. The van der Waals surface area contributed by atoms with Crippen molar-refractivity contribution in [1.29, 1.82) is 0 Å². The van der Waals surface area contributed by atoms with Crippen molar-refractivity contribution in [2.45, 2.75) is 6.92 Å². The Labute approximate surface area is 76.3 Å². The Bertz CT molecular complexity index is 339. The molecule has 1 aromatic rings. The highest BCUT2D eigenvalue weighted by atomic mass is 127. The first kappa shape index (κ1) is 7.16. The molecule has 1 aliphatic heterocycles. The molecule has 0 aliphatic carbocycles. The van der Waals surface area contributed by atoms with E-state index < -0.39 is 0 Å². The van der Waals surface area contributed by atoms with Crippen LogP contribution in [0.25, 0.3) is 6.08 Å². The van der Waals surface area contributed by atoms with E-state index in [1.807, 2.05) is 0 Å². The number of rotatable bonds is 0. The van der Waals surface area contributed by atoms with E-state index in [1.165, 1.54) is 16.8 Å². The van der Waals surface area contributed by atoms with Crippen LogP contribution in [0.2, 0.25) is 0 Å². The van der Waals surface area contributed by atoms with Crippen LogP contribution in [-0.2, 0) is 0 Å². The zero-order chi connectivity index (χ0) is 7.68. The lowest BCUT2D eigenvalue weighted by Gasteiger charge is -2.03. The molecule has 1 nitrogen and oxygen atoms in total. The molecule has 1 aromatic carbocycles. The van der Waals surface area contributed by atoms with Crippen molar-refractivity contribution in [3.8, 4) is 0 Å². The fraction of sp³-hybridized carbons (Fsp3) is 0.111. The summed E-state index contributed by atoms with van der Waals surface area (Å²) < 4.78 is 6.67. The minimum absolute atomic E-state index is 0.0426. The van der Waals surface area contributed by atoms with Crippen molar-refractivity contribution in [3.05, 3.63) is 33.4 Å². The zero-order valence-corrected chi connectivity index (χ0v) is 8.37. The van der Waals surface area contributed by atoms with Crippen LogP contribution in [0.15, 0.2) is 25.4 Å². The molecule has 1 heterocycles. The summed E-state index contributed by atoms with van der Waals surface area (Å²) in [5.74, 6) is 0. The molecule has 0 spiro atoms. The van der Waals surface area contributed by atoms with E-state index >= 15 is 0 Å². The van der Waals surface area contributed by atoms with Crippen molar-refractivity contribution < 1.29 is 0 Å². The van der Waals surface area contributed by atoms with Crippen LogP contribution in [-0.4, -0.2) is 0 Å². The summed E-state index contributed by atoms with van der Waals surface area (Å²) in [6, 6.07) is 6.41. The quantitative estimate of drug-likeness (QED) is 0.627. The topological polar surface area (TPSA) is 12.4 Å². The summed E-state index contributed by atoms with van der Waals surface area (Å²) in [7, 11) is 0. The molecule has 0 saturated heterocycles. The average molecular weight is 257 g/mol. The van der Waals surface area contributed by atoms with E-state index in [2.05, 4.69) is 38.4 Å². The summed E-state index contributed by atoms with van der Waals surface area (Å²) >= 11 is -0.0426. The van der Waals surface area contributed by atoms with Gasteiger partial charge in [-0.05, 0) is 28.7 Å². The van der Waals surface area contributed by atoms with E-state index in [0.29, 0.717) is 0 Å². The maximum absolute atomic E-state index is 4.48. The highest BCUT2D eigenvalue weighted by Crippen LogP contribution is 2.30. The minimum atomic E-state index is -0.0426. The first-order chi connectivity index (χ1) is 5.36. The van der Waals surface area contributed by atoms with Gasteiger partial charge in [-0.25, -0.2) is 3.15 Å². The molecule has 0 bridgehead atoms. The SMILES string of the molecule is Cc1ccc2c(c1)N=IC=C2. The standard InChI is InChI=1S/C9H8IN/c1-7-2-3-8-4-5-10-11-9(8)6-7/h2-6H,1H3. The molecule has 11 heavy (non-hydrogen) atoms. The maximum atomic E-state index is 4.48. The van der Waals surface area contributed by atoms with Crippen molar-refractivity contribution in [2.24, 2.45) is 3.15 Å². The molecule has 0 saturated carbocycles. The molecular formula is C9H8IN. The van der Waals surface area contributed by atoms with Gasteiger partial charge in [0.05, 0.1) is 5.69 Å². The molecule has 0 atom stereocenters. The first-order valence-corrected chi connectivity index (χ1v) is 5.68. The first-order valence-electron chi connectivity index (χ1n) is 3.47. The normalized spacial score (nSPS) is 13.9. The Hall–Kier alpha value is -0.510. The number of hydrogen-bond donors (Lipinski definition) is 0. The predicted molar refractivity (Wildman–Crippen MR) is 56.3 cm³/mol. The predicted octanol–water partition coefficient (Wildman–Crippen LogP) is 3.77. The largest absolute Gasteiger partial charge is 0.222 e. The van der Waals surface area contributed by atoms with Gasteiger partial charge >= 0.3 is 0 Å². The van der Waals surface area contributed by atoms with Gasteiger partial charge in [-0.3, -0.25) is 0 Å². The highest BCUT2D eigenvalue weighted by Gasteiger charge is 1.99. The molecular weight excluding hydrogens is 249 g/mol. The molecule has 56 valence electrons. The lowest BCUT2D eigenvalue weighted by Crippen LogP contribution is -1.77. The summed E-state index contributed by atoms with van der Waals surface area (Å²) in [5, 5.41) is 0. The lowest BCUT2D eigenvalue weighted by atomic mass is 10.1. The molecule has 0 aromatic heterocycles. The molecule has 1 aliphatic rings. The van der Waals surface area contributed by atoms with Crippen molar-refractivity contribution in [1.82, 2.24) is 0 Å². The van der Waals surface area contributed by atoms with E-state index in [-0.39, 0.29) is 21.0 Å². The van der Waals surface area contributed by atoms with Crippen molar-refractivity contribution in [2.75, 3.05) is 0 Å². The third-order valence-corrected chi connectivity index (χ3v) is 3.10. The average Bonchev–Trinajstić information content (AvgIpc) is 2.04. The number of nitrogens with zero attached hydrogens (tertiary/aromatic N) is 1. The second kappa shape index (κ2) is 2.85. The number of hydrogen-bond acceptors (Lipinski definition) is 1. The van der Waals surface area contributed by atoms with Gasteiger partial charge in [-0.15, -0.1) is 0 Å². The highest BCUT2D eigenvalue weighted by molar-refractivity contribution is 14.2. The summed E-state index contributed by atoms with van der Waals surface area (Å²) in [6.07, 6.45) is 2.18. The van der Waals surface area contributed by atoms with Crippen LogP contribution in [0.4, 0.5) is 5.69 Å². The molecule has 0 N–H and O–H groups in total. The Balaban J connectivity index is 2.63. The number of aryl methyl sites for hydroxylation is 1. The van der Waals surface area contributed by atoms with Gasteiger partial charge in [0.1, 0.15) is 0 Å². The van der Waals surface area contributed by atoms with Gasteiger partial charge < -0.3 is 0 Å². The molecule has 0 unspecified atom stereocenters. The van der Waals surface area contributed by atoms with E-state index in [0.717, 1.165) is 0 Å². The van der Waals surface area contributed by atoms with Crippen LogP contribution in [0.5, 0.6) is 0 Å². The van der Waals surface area contributed by atoms with Gasteiger partial charge in [0.25, 0.3) is 0 Å². The second-order valence-electron chi connectivity index (χ2n) is 2.54. The summed E-state index contributed by atoms with van der Waals surface area (Å²) in [4.78, 5) is 0. The number of benzene rings is 1. The van der Waals surface area contributed by atoms with Gasteiger partial charge in [0.15, 0.2) is 0 Å². The summed E-state index contributed by atoms with van der Waals surface area (Å²) in [6.45, 7) is 2.10. The Morgan fingerprint density at radius 2 is 2.27 bits per heavy atom. The van der Waals surface area contributed by atoms with Crippen molar-refractivity contribution in [3.63, 3.8) is 0 Å². The van der Waals surface area contributed by atoms with Crippen LogP contribution >= 0.6 is 21.0 Å². The fourth-order valence-corrected chi connectivity index (χ4v) is 2.47. The molecule has 0 amide bonds. The third-order valence-electron chi connectivity index (χ3n) is 1.62. The molecule has 2 rings (SSSR count). The van der Waals surface area contributed by atoms with E-state index in [9.17, 15) is 0 Å². The monoisotopic (exact) mass is 257 g/mol. The van der Waals surface area contributed by atoms with E-state index in [4.69, 9.17) is 0 Å². The van der Waals surface area contributed by atoms with Crippen LogP contribution in [0.1, 0.15) is 11.1 Å². The van der Waals surface area contributed by atoms with Gasteiger partial charge in [-0.2, -0.15) is 0 Å². The van der Waals surface area contributed by atoms with Crippen LogP contribution < -0.4 is 0 Å². The lowest BCUT2D eigenvalue weighted by molar-refractivity contribution is 1.43. The molecule has 2 heteroatoms.